The van der Waals surface area contributed by atoms with Crippen LogP contribution in [0.1, 0.15) is 24.0 Å². The molecule has 1 aliphatic heterocycles. The van der Waals surface area contributed by atoms with E-state index in [4.69, 9.17) is 0 Å². The van der Waals surface area contributed by atoms with Crippen molar-refractivity contribution in [3.8, 4) is 22.9 Å². The minimum atomic E-state index is 0.113. The molecule has 0 bridgehead atoms. The van der Waals surface area contributed by atoms with E-state index in [9.17, 15) is 10.4 Å². The predicted octanol–water partition coefficient (Wildman–Crippen LogP) is 5.38. The van der Waals surface area contributed by atoms with Gasteiger partial charge in [0.15, 0.2) is 0 Å². The summed E-state index contributed by atoms with van der Waals surface area (Å²) >= 11 is 0. The van der Waals surface area contributed by atoms with Gasteiger partial charge in [-0.3, -0.25) is 0 Å². The number of aromatic hydroxyl groups is 1. The molecule has 0 unspecified atom stereocenters. The number of phenols is 1. The summed E-state index contributed by atoms with van der Waals surface area (Å²) in [5.74, 6) is 0.113. The van der Waals surface area contributed by atoms with Crippen LogP contribution in [-0.4, -0.2) is 9.67 Å². The minimum Gasteiger partial charge on any atom is -0.506 e. The van der Waals surface area contributed by atoms with Crippen molar-refractivity contribution in [1.82, 2.24) is 4.57 Å². The molecule has 126 valence electrons. The fourth-order valence-electron chi connectivity index (χ4n) is 4.45. The number of fused-ring (bicyclic) bond motifs is 3. The van der Waals surface area contributed by atoms with Crippen molar-refractivity contribution in [2.45, 2.75) is 25.8 Å². The van der Waals surface area contributed by atoms with E-state index < -0.39 is 0 Å². The van der Waals surface area contributed by atoms with Crippen molar-refractivity contribution in [3.63, 3.8) is 0 Å². The zero-order valence-corrected chi connectivity index (χ0v) is 14.4. The van der Waals surface area contributed by atoms with Crippen molar-refractivity contribution in [3.05, 3.63) is 65.7 Å². The number of aromatic nitrogens is 1. The molecule has 3 nitrogen and oxygen atoms in total. The van der Waals surface area contributed by atoms with Crippen LogP contribution in [-0.2, 0) is 13.0 Å². The maximum absolute atomic E-state index is 11.1. The molecule has 2 heterocycles. The number of hydrogen-bond acceptors (Lipinski definition) is 2. The number of para-hydroxylation sites is 1. The number of benzene rings is 3. The first-order chi connectivity index (χ1) is 12.8. The van der Waals surface area contributed by atoms with Gasteiger partial charge in [0.05, 0.1) is 10.9 Å². The van der Waals surface area contributed by atoms with Crippen LogP contribution in [0.25, 0.3) is 32.9 Å². The second-order valence-corrected chi connectivity index (χ2v) is 6.90. The SMILES string of the molecule is N#Cc1c(-c2ccccc2)c2c3c(c1O)c1ccccc1n3CCCC2. The van der Waals surface area contributed by atoms with Crippen molar-refractivity contribution < 1.29 is 5.11 Å². The average Bonchev–Trinajstić information content (AvgIpc) is 2.86. The van der Waals surface area contributed by atoms with E-state index in [0.29, 0.717) is 5.56 Å². The molecule has 4 aromatic rings. The maximum atomic E-state index is 11.1. The van der Waals surface area contributed by atoms with Crippen LogP contribution in [0.4, 0.5) is 0 Å². The Morgan fingerprint density at radius 3 is 2.54 bits per heavy atom. The van der Waals surface area contributed by atoms with Crippen LogP contribution in [0.15, 0.2) is 54.6 Å². The molecule has 0 saturated carbocycles. The van der Waals surface area contributed by atoms with Crippen LogP contribution in [0.2, 0.25) is 0 Å². The topological polar surface area (TPSA) is 48.9 Å². The van der Waals surface area contributed by atoms with E-state index >= 15 is 0 Å². The number of nitriles is 1. The lowest BCUT2D eigenvalue weighted by Gasteiger charge is -2.15. The van der Waals surface area contributed by atoms with Gasteiger partial charge in [0.25, 0.3) is 0 Å². The monoisotopic (exact) mass is 338 g/mol. The standard InChI is InChI=1S/C23H18N2O/c24-14-18-20(15-8-2-1-3-9-15)17-11-6-7-13-25-19-12-5-4-10-16(19)21(22(17)25)23(18)26/h1-5,8-10,12,26H,6-7,11,13H2. The molecule has 0 saturated heterocycles. The lowest BCUT2D eigenvalue weighted by molar-refractivity contribution is 0.480. The fraction of sp³-hybridized carbons (Fsp3) is 0.174. The average molecular weight is 338 g/mol. The van der Waals surface area contributed by atoms with Gasteiger partial charge in [-0.25, -0.2) is 0 Å². The first kappa shape index (κ1) is 15.0. The highest BCUT2D eigenvalue weighted by atomic mass is 16.3. The zero-order valence-electron chi connectivity index (χ0n) is 14.4. The molecule has 0 radical (unpaired) electrons. The van der Waals surface area contributed by atoms with E-state index in [1.807, 2.05) is 48.5 Å². The number of phenolic OH excluding ortho intramolecular Hbond substituents is 1. The first-order valence-corrected chi connectivity index (χ1v) is 9.05. The van der Waals surface area contributed by atoms with Crippen LogP contribution in [0.5, 0.6) is 5.75 Å². The molecular weight excluding hydrogens is 320 g/mol. The molecule has 0 amide bonds. The second-order valence-electron chi connectivity index (χ2n) is 6.90. The largest absolute Gasteiger partial charge is 0.506 e. The molecule has 3 heteroatoms. The van der Waals surface area contributed by atoms with Gasteiger partial charge < -0.3 is 9.67 Å². The van der Waals surface area contributed by atoms with Gasteiger partial charge >= 0.3 is 0 Å². The molecular formula is C23H18N2O. The summed E-state index contributed by atoms with van der Waals surface area (Å²) in [6.45, 7) is 0.941. The third kappa shape index (κ3) is 1.93. The smallest absolute Gasteiger partial charge is 0.143 e. The van der Waals surface area contributed by atoms with Crippen LogP contribution >= 0.6 is 0 Å². The number of nitrogens with zero attached hydrogens (tertiary/aromatic N) is 2. The molecule has 1 aliphatic rings. The molecule has 1 aromatic heterocycles. The molecule has 26 heavy (non-hydrogen) atoms. The van der Waals surface area contributed by atoms with Gasteiger partial charge in [0.1, 0.15) is 17.4 Å². The number of rotatable bonds is 1. The molecule has 3 aromatic carbocycles. The summed E-state index contributed by atoms with van der Waals surface area (Å²) in [5.41, 5.74) is 5.70. The van der Waals surface area contributed by atoms with Gasteiger partial charge in [-0.2, -0.15) is 5.26 Å². The normalized spacial score (nSPS) is 13.7. The lowest BCUT2D eigenvalue weighted by Crippen LogP contribution is -1.99. The summed E-state index contributed by atoms with van der Waals surface area (Å²) < 4.78 is 2.33. The highest BCUT2D eigenvalue weighted by molar-refractivity contribution is 6.15. The number of aryl methyl sites for hydroxylation is 2. The molecule has 0 aliphatic carbocycles. The van der Waals surface area contributed by atoms with Crippen molar-refractivity contribution in [1.29, 1.82) is 5.26 Å². The Morgan fingerprint density at radius 1 is 0.962 bits per heavy atom. The Balaban J connectivity index is 2.06. The van der Waals surface area contributed by atoms with Gasteiger partial charge in [0, 0.05) is 23.0 Å². The van der Waals surface area contributed by atoms with Crippen molar-refractivity contribution in [2.24, 2.45) is 0 Å². The van der Waals surface area contributed by atoms with E-state index in [0.717, 1.165) is 58.7 Å². The molecule has 5 rings (SSSR count). The van der Waals surface area contributed by atoms with Crippen LogP contribution in [0.3, 0.4) is 0 Å². The molecule has 1 N–H and O–H groups in total. The Morgan fingerprint density at radius 2 is 1.73 bits per heavy atom. The van der Waals surface area contributed by atoms with E-state index in [1.54, 1.807) is 0 Å². The highest BCUT2D eigenvalue weighted by Gasteiger charge is 2.26. The quantitative estimate of drug-likeness (QED) is 0.507. The van der Waals surface area contributed by atoms with Crippen molar-refractivity contribution in [2.75, 3.05) is 0 Å². The first-order valence-electron chi connectivity index (χ1n) is 9.05. The Hall–Kier alpha value is -3.25. The third-order valence-electron chi connectivity index (χ3n) is 5.51. The van der Waals surface area contributed by atoms with Crippen LogP contribution in [0, 0.1) is 11.3 Å². The summed E-state index contributed by atoms with van der Waals surface area (Å²) in [6.07, 6.45) is 3.10. The van der Waals surface area contributed by atoms with Gasteiger partial charge in [0.2, 0.25) is 0 Å². The van der Waals surface area contributed by atoms with E-state index in [1.165, 1.54) is 5.56 Å². The van der Waals surface area contributed by atoms with Gasteiger partial charge in [-0.15, -0.1) is 0 Å². The molecule has 0 fully saturated rings. The Kier molecular flexibility index (Phi) is 3.26. The highest BCUT2D eigenvalue weighted by Crippen LogP contribution is 2.46. The van der Waals surface area contributed by atoms with Crippen molar-refractivity contribution >= 4 is 21.8 Å². The Labute approximate surface area is 151 Å². The second kappa shape index (κ2) is 5.64. The van der Waals surface area contributed by atoms with Gasteiger partial charge in [-0.05, 0) is 36.5 Å². The van der Waals surface area contributed by atoms with E-state index in [-0.39, 0.29) is 5.75 Å². The third-order valence-corrected chi connectivity index (χ3v) is 5.51. The molecule has 0 atom stereocenters. The Bertz CT molecular complexity index is 1200. The minimum absolute atomic E-state index is 0.113. The molecule has 0 spiro atoms. The number of hydrogen-bond donors (Lipinski definition) is 1. The maximum Gasteiger partial charge on any atom is 0.143 e. The summed E-state index contributed by atoms with van der Waals surface area (Å²) in [5, 5.41) is 22.8. The fourth-order valence-corrected chi connectivity index (χ4v) is 4.45. The van der Waals surface area contributed by atoms with E-state index in [2.05, 4.69) is 16.7 Å². The zero-order chi connectivity index (χ0) is 17.7. The summed E-state index contributed by atoms with van der Waals surface area (Å²) in [4.78, 5) is 0. The predicted molar refractivity (Wildman–Crippen MR) is 104 cm³/mol. The summed E-state index contributed by atoms with van der Waals surface area (Å²) in [6, 6.07) is 20.5. The van der Waals surface area contributed by atoms with Gasteiger partial charge in [-0.1, -0.05) is 48.5 Å². The lowest BCUT2D eigenvalue weighted by atomic mass is 9.89. The summed E-state index contributed by atoms with van der Waals surface area (Å²) in [7, 11) is 0. The van der Waals surface area contributed by atoms with Crippen LogP contribution < -0.4 is 0 Å².